The van der Waals surface area contributed by atoms with Crippen LogP contribution in [-0.4, -0.2) is 19.0 Å². The van der Waals surface area contributed by atoms with Crippen LogP contribution in [0.25, 0.3) is 0 Å². The first-order valence-electron chi connectivity index (χ1n) is 7.19. The monoisotopic (exact) mass is 260 g/mol. The molecule has 1 aliphatic rings. The number of nitrogens with one attached hydrogen (secondary N) is 1. The van der Waals surface area contributed by atoms with Gasteiger partial charge < -0.3 is 11.1 Å². The standard InChI is InChI=1S/C16H24N2O/c1-13-4-6-14(7-5-13)16(8-2-3-9-16)10-11-18-12-15(17)19/h4-7,18H,2-3,8-12H2,1H3,(H2,17,19). The summed E-state index contributed by atoms with van der Waals surface area (Å²) < 4.78 is 0. The molecular weight excluding hydrogens is 236 g/mol. The van der Waals surface area contributed by atoms with Crippen molar-refractivity contribution in [3.05, 3.63) is 35.4 Å². The molecule has 0 spiro atoms. The van der Waals surface area contributed by atoms with Gasteiger partial charge in [0.25, 0.3) is 0 Å². The number of nitrogens with two attached hydrogens (primary N) is 1. The summed E-state index contributed by atoms with van der Waals surface area (Å²) in [6, 6.07) is 8.95. The highest BCUT2D eigenvalue weighted by Crippen LogP contribution is 2.43. The maximum absolute atomic E-state index is 10.7. The minimum absolute atomic E-state index is 0.282. The topological polar surface area (TPSA) is 55.1 Å². The lowest BCUT2D eigenvalue weighted by Crippen LogP contribution is -2.33. The number of hydrogen-bond acceptors (Lipinski definition) is 2. The minimum atomic E-state index is -0.282. The van der Waals surface area contributed by atoms with Gasteiger partial charge in [-0.1, -0.05) is 42.7 Å². The maximum Gasteiger partial charge on any atom is 0.231 e. The van der Waals surface area contributed by atoms with Crippen molar-refractivity contribution in [3.63, 3.8) is 0 Å². The van der Waals surface area contributed by atoms with Crippen LogP contribution in [0.2, 0.25) is 0 Å². The third-order valence-electron chi connectivity index (χ3n) is 4.30. The zero-order valence-electron chi connectivity index (χ0n) is 11.7. The van der Waals surface area contributed by atoms with E-state index < -0.39 is 0 Å². The van der Waals surface area contributed by atoms with Gasteiger partial charge in [-0.05, 0) is 43.7 Å². The van der Waals surface area contributed by atoms with Crippen molar-refractivity contribution in [2.45, 2.75) is 44.4 Å². The zero-order chi connectivity index (χ0) is 13.7. The first-order valence-corrected chi connectivity index (χ1v) is 7.19. The van der Waals surface area contributed by atoms with Crippen LogP contribution in [0.15, 0.2) is 24.3 Å². The molecule has 1 fully saturated rings. The van der Waals surface area contributed by atoms with E-state index in [0.717, 1.165) is 13.0 Å². The van der Waals surface area contributed by atoms with Crippen LogP contribution >= 0.6 is 0 Å². The van der Waals surface area contributed by atoms with Gasteiger partial charge in [0.1, 0.15) is 0 Å². The van der Waals surface area contributed by atoms with Crippen LogP contribution in [0.4, 0.5) is 0 Å². The number of carbonyl (C=O) groups excluding carboxylic acids is 1. The molecule has 0 bridgehead atoms. The first-order chi connectivity index (χ1) is 9.12. The van der Waals surface area contributed by atoms with E-state index >= 15 is 0 Å². The van der Waals surface area contributed by atoms with Gasteiger partial charge >= 0.3 is 0 Å². The predicted molar refractivity (Wildman–Crippen MR) is 78.0 cm³/mol. The second-order valence-electron chi connectivity index (χ2n) is 5.75. The smallest absolute Gasteiger partial charge is 0.231 e. The van der Waals surface area contributed by atoms with Crippen molar-refractivity contribution >= 4 is 5.91 Å². The van der Waals surface area contributed by atoms with Gasteiger partial charge in [-0.3, -0.25) is 4.79 Å². The Bertz CT molecular complexity index is 419. The average molecular weight is 260 g/mol. The Morgan fingerprint density at radius 1 is 1.26 bits per heavy atom. The molecule has 1 saturated carbocycles. The number of aryl methyl sites for hydroxylation is 1. The van der Waals surface area contributed by atoms with E-state index in [-0.39, 0.29) is 12.5 Å². The Morgan fingerprint density at radius 2 is 1.89 bits per heavy atom. The molecule has 0 heterocycles. The molecule has 19 heavy (non-hydrogen) atoms. The average Bonchev–Trinajstić information content (AvgIpc) is 2.85. The molecule has 0 atom stereocenters. The molecule has 3 N–H and O–H groups in total. The predicted octanol–water partition coefficient (Wildman–Crippen LogP) is 2.27. The lowest BCUT2D eigenvalue weighted by atomic mass is 9.76. The molecule has 3 nitrogen and oxygen atoms in total. The van der Waals surface area contributed by atoms with Crippen LogP contribution in [0.1, 0.15) is 43.2 Å². The summed E-state index contributed by atoms with van der Waals surface area (Å²) in [4.78, 5) is 10.7. The summed E-state index contributed by atoms with van der Waals surface area (Å²) in [5.41, 5.74) is 8.21. The third-order valence-corrected chi connectivity index (χ3v) is 4.30. The fourth-order valence-corrected chi connectivity index (χ4v) is 3.18. The molecule has 1 aromatic carbocycles. The van der Waals surface area contributed by atoms with E-state index in [4.69, 9.17) is 5.73 Å². The summed E-state index contributed by atoms with van der Waals surface area (Å²) in [7, 11) is 0. The van der Waals surface area contributed by atoms with Gasteiger partial charge in [-0.25, -0.2) is 0 Å². The molecule has 1 aliphatic carbocycles. The molecule has 0 radical (unpaired) electrons. The van der Waals surface area contributed by atoms with Gasteiger partial charge in [0.2, 0.25) is 5.91 Å². The number of carbonyl (C=O) groups is 1. The first kappa shape index (κ1) is 14.1. The minimum Gasteiger partial charge on any atom is -0.369 e. The number of hydrogen-bond donors (Lipinski definition) is 2. The van der Waals surface area contributed by atoms with Crippen molar-refractivity contribution in [3.8, 4) is 0 Å². The van der Waals surface area contributed by atoms with Crippen LogP contribution in [0.5, 0.6) is 0 Å². The van der Waals surface area contributed by atoms with Crippen molar-refractivity contribution < 1.29 is 4.79 Å². The Hall–Kier alpha value is -1.35. The molecular formula is C16H24N2O. The highest BCUT2D eigenvalue weighted by molar-refractivity contribution is 5.75. The van der Waals surface area contributed by atoms with E-state index in [0.29, 0.717) is 5.41 Å². The van der Waals surface area contributed by atoms with E-state index in [1.807, 2.05) is 0 Å². The number of benzene rings is 1. The fraction of sp³-hybridized carbons (Fsp3) is 0.562. The van der Waals surface area contributed by atoms with E-state index in [2.05, 4.69) is 36.5 Å². The van der Waals surface area contributed by atoms with E-state index in [1.165, 1.54) is 36.8 Å². The molecule has 1 amide bonds. The van der Waals surface area contributed by atoms with Gasteiger partial charge in [0, 0.05) is 0 Å². The molecule has 1 aromatic rings. The van der Waals surface area contributed by atoms with Crippen LogP contribution in [0.3, 0.4) is 0 Å². The Balaban J connectivity index is 2.01. The fourth-order valence-electron chi connectivity index (χ4n) is 3.18. The summed E-state index contributed by atoms with van der Waals surface area (Å²) in [5, 5.41) is 3.14. The molecule has 104 valence electrons. The highest BCUT2D eigenvalue weighted by atomic mass is 16.1. The van der Waals surface area contributed by atoms with E-state index in [1.54, 1.807) is 0 Å². The second kappa shape index (κ2) is 6.20. The number of amides is 1. The van der Waals surface area contributed by atoms with Crippen molar-refractivity contribution in [1.82, 2.24) is 5.32 Å². The van der Waals surface area contributed by atoms with Crippen molar-refractivity contribution in [2.24, 2.45) is 5.73 Å². The summed E-state index contributed by atoms with van der Waals surface area (Å²) in [5.74, 6) is -0.282. The van der Waals surface area contributed by atoms with Gasteiger partial charge in [0.05, 0.1) is 6.54 Å². The van der Waals surface area contributed by atoms with E-state index in [9.17, 15) is 4.79 Å². The molecule has 0 aromatic heterocycles. The lowest BCUT2D eigenvalue weighted by molar-refractivity contribution is -0.117. The summed E-state index contributed by atoms with van der Waals surface area (Å²) in [6.45, 7) is 3.26. The third kappa shape index (κ3) is 3.57. The van der Waals surface area contributed by atoms with Crippen LogP contribution in [-0.2, 0) is 10.2 Å². The SMILES string of the molecule is Cc1ccc(C2(CCNCC(N)=O)CCCC2)cc1. The van der Waals surface area contributed by atoms with Crippen molar-refractivity contribution in [1.29, 1.82) is 0 Å². The second-order valence-corrected chi connectivity index (χ2v) is 5.75. The molecule has 0 saturated heterocycles. The van der Waals surface area contributed by atoms with Crippen LogP contribution in [0, 0.1) is 6.92 Å². The molecule has 0 unspecified atom stereocenters. The highest BCUT2D eigenvalue weighted by Gasteiger charge is 2.34. The normalized spacial score (nSPS) is 17.5. The van der Waals surface area contributed by atoms with Crippen molar-refractivity contribution in [2.75, 3.05) is 13.1 Å². The largest absolute Gasteiger partial charge is 0.369 e. The Labute approximate surface area is 115 Å². The zero-order valence-corrected chi connectivity index (χ0v) is 11.7. The molecule has 2 rings (SSSR count). The molecule has 3 heteroatoms. The number of primary amides is 1. The summed E-state index contributed by atoms with van der Waals surface area (Å²) in [6.07, 6.45) is 6.22. The van der Waals surface area contributed by atoms with Gasteiger partial charge in [-0.15, -0.1) is 0 Å². The Morgan fingerprint density at radius 3 is 2.47 bits per heavy atom. The quantitative estimate of drug-likeness (QED) is 0.771. The maximum atomic E-state index is 10.7. The number of rotatable bonds is 6. The molecule has 0 aliphatic heterocycles. The van der Waals surface area contributed by atoms with Crippen LogP contribution < -0.4 is 11.1 Å². The van der Waals surface area contributed by atoms with Gasteiger partial charge in [-0.2, -0.15) is 0 Å². The Kier molecular flexibility index (Phi) is 4.59. The lowest BCUT2D eigenvalue weighted by Gasteiger charge is -2.30. The summed E-state index contributed by atoms with van der Waals surface area (Å²) >= 11 is 0. The van der Waals surface area contributed by atoms with Gasteiger partial charge in [0.15, 0.2) is 0 Å².